The van der Waals surface area contributed by atoms with Crippen molar-refractivity contribution in [3.8, 4) is 0 Å². The fraction of sp³-hybridized carbons (Fsp3) is 0.586. The van der Waals surface area contributed by atoms with Crippen LogP contribution in [0.3, 0.4) is 0 Å². The zero-order chi connectivity index (χ0) is 27.6. The predicted octanol–water partition coefficient (Wildman–Crippen LogP) is 5.07. The number of aromatic nitrogens is 2. The average molecular weight is 604 g/mol. The molecule has 212 valence electrons. The highest BCUT2D eigenvalue weighted by Crippen LogP contribution is 2.36. The lowest BCUT2D eigenvalue weighted by Gasteiger charge is -2.32. The molecule has 2 fully saturated rings. The standard InChI is InChI=1S/C29H40BrFN6O2/c1-20-17-29(2,30)9-8-23(20)33-26-22(28(38)34-39-18-21-6-7-21)16-24-27(25(26)31)32-19-37(24)11-5-4-10-36-14-12-35(3)13-15-36/h8,16-17,19,21,33H,4-7,9-15,18H2,1-3H3,(H,34,38). The van der Waals surface area contributed by atoms with E-state index < -0.39 is 11.7 Å². The van der Waals surface area contributed by atoms with Gasteiger partial charge in [0, 0.05) is 42.7 Å². The zero-order valence-electron chi connectivity index (χ0n) is 23.2. The molecule has 1 saturated heterocycles. The number of nitrogens with one attached hydrogen (secondary N) is 2. The van der Waals surface area contributed by atoms with Gasteiger partial charge < -0.3 is 19.7 Å². The number of piperazine rings is 1. The van der Waals surface area contributed by atoms with E-state index in [1.807, 2.05) is 17.6 Å². The highest BCUT2D eigenvalue weighted by atomic mass is 79.9. The Labute approximate surface area is 238 Å². The van der Waals surface area contributed by atoms with Crippen LogP contribution < -0.4 is 10.8 Å². The maximum absolute atomic E-state index is 16.0. The highest BCUT2D eigenvalue weighted by Gasteiger charge is 2.27. The maximum atomic E-state index is 16.0. The Morgan fingerprint density at radius 1 is 1.23 bits per heavy atom. The molecule has 2 N–H and O–H groups in total. The molecule has 1 aliphatic heterocycles. The number of fused-ring (bicyclic) bond motifs is 1. The monoisotopic (exact) mass is 602 g/mol. The largest absolute Gasteiger partial charge is 0.352 e. The molecule has 0 bridgehead atoms. The van der Waals surface area contributed by atoms with Crippen LogP contribution in [0, 0.1) is 11.7 Å². The number of likely N-dealkylation sites (N-methyl/N-ethyl adjacent to an activating group) is 1. The quantitative estimate of drug-likeness (QED) is 0.212. The molecule has 2 heterocycles. The lowest BCUT2D eigenvalue weighted by atomic mass is 9.95. The van der Waals surface area contributed by atoms with E-state index in [-0.39, 0.29) is 21.1 Å². The molecule has 1 saturated carbocycles. The summed E-state index contributed by atoms with van der Waals surface area (Å²) in [7, 11) is 2.16. The smallest absolute Gasteiger partial charge is 0.277 e. The first kappa shape index (κ1) is 28.3. The number of imidazole rings is 1. The van der Waals surface area contributed by atoms with Gasteiger partial charge in [0.25, 0.3) is 5.91 Å². The summed E-state index contributed by atoms with van der Waals surface area (Å²) in [6.45, 7) is 10.7. The van der Waals surface area contributed by atoms with Crippen molar-refractivity contribution < 1.29 is 14.0 Å². The minimum absolute atomic E-state index is 0.118. The third kappa shape index (κ3) is 7.09. The van der Waals surface area contributed by atoms with Crippen LogP contribution in [0.2, 0.25) is 0 Å². The topological polar surface area (TPSA) is 74.7 Å². The van der Waals surface area contributed by atoms with Crippen molar-refractivity contribution in [2.24, 2.45) is 5.92 Å². The summed E-state index contributed by atoms with van der Waals surface area (Å²) in [6, 6.07) is 1.74. The van der Waals surface area contributed by atoms with Gasteiger partial charge in [0.05, 0.1) is 29.7 Å². The zero-order valence-corrected chi connectivity index (χ0v) is 24.8. The Hall–Kier alpha value is -2.27. The Kier molecular flexibility index (Phi) is 8.75. The van der Waals surface area contributed by atoms with Crippen LogP contribution in [-0.4, -0.2) is 76.0 Å². The van der Waals surface area contributed by atoms with Crippen molar-refractivity contribution in [3.63, 3.8) is 0 Å². The van der Waals surface area contributed by atoms with Crippen molar-refractivity contribution in [3.05, 3.63) is 47.2 Å². The molecule has 1 aromatic heterocycles. The molecule has 0 spiro atoms. The number of carbonyl (C=O) groups is 1. The fourth-order valence-electron chi connectivity index (χ4n) is 5.23. The maximum Gasteiger partial charge on any atom is 0.277 e. The molecule has 3 aliphatic rings. The van der Waals surface area contributed by atoms with Gasteiger partial charge in [-0.25, -0.2) is 14.9 Å². The molecule has 1 aromatic carbocycles. The number of rotatable bonds is 11. The van der Waals surface area contributed by atoms with E-state index in [0.717, 1.165) is 76.1 Å². The summed E-state index contributed by atoms with van der Waals surface area (Å²) in [5.74, 6) is -0.504. The van der Waals surface area contributed by atoms with Crippen molar-refractivity contribution in [2.45, 2.75) is 56.8 Å². The molecule has 5 rings (SSSR count). The summed E-state index contributed by atoms with van der Waals surface area (Å²) in [4.78, 5) is 28.0. The molecule has 2 aromatic rings. The van der Waals surface area contributed by atoms with E-state index in [1.54, 1.807) is 12.4 Å². The number of allylic oxidation sites excluding steroid dienone is 3. The van der Waals surface area contributed by atoms with Gasteiger partial charge in [-0.2, -0.15) is 0 Å². The number of hydroxylamine groups is 1. The number of anilines is 1. The predicted molar refractivity (Wildman–Crippen MR) is 156 cm³/mol. The number of alkyl halides is 1. The van der Waals surface area contributed by atoms with E-state index in [4.69, 9.17) is 4.84 Å². The fourth-order valence-corrected chi connectivity index (χ4v) is 5.73. The number of carbonyl (C=O) groups excluding carboxylic acids is 1. The summed E-state index contributed by atoms with van der Waals surface area (Å²) >= 11 is 3.71. The Morgan fingerprint density at radius 2 is 1.97 bits per heavy atom. The van der Waals surface area contributed by atoms with Crippen molar-refractivity contribution in [2.75, 3.05) is 51.7 Å². The van der Waals surface area contributed by atoms with Crippen LogP contribution in [0.5, 0.6) is 0 Å². The van der Waals surface area contributed by atoms with E-state index >= 15 is 4.39 Å². The minimum atomic E-state index is -0.531. The lowest BCUT2D eigenvalue weighted by molar-refractivity contribution is 0.0271. The lowest BCUT2D eigenvalue weighted by Crippen LogP contribution is -2.44. The van der Waals surface area contributed by atoms with Gasteiger partial charge in [0.2, 0.25) is 0 Å². The van der Waals surface area contributed by atoms with Gasteiger partial charge in [0.1, 0.15) is 5.52 Å². The molecule has 8 nitrogen and oxygen atoms in total. The van der Waals surface area contributed by atoms with Crippen molar-refractivity contribution in [1.82, 2.24) is 24.8 Å². The summed E-state index contributed by atoms with van der Waals surface area (Å²) in [6.07, 6.45) is 10.8. The van der Waals surface area contributed by atoms with E-state index in [0.29, 0.717) is 24.6 Å². The average Bonchev–Trinajstić information content (AvgIpc) is 3.63. The van der Waals surface area contributed by atoms with E-state index in [9.17, 15) is 4.79 Å². The summed E-state index contributed by atoms with van der Waals surface area (Å²) in [5.41, 5.74) is 5.49. The molecule has 1 unspecified atom stereocenters. The molecule has 0 radical (unpaired) electrons. The Balaban J connectivity index is 1.34. The number of aryl methyl sites for hydroxylation is 1. The number of hydrogen-bond acceptors (Lipinski definition) is 6. The van der Waals surface area contributed by atoms with Gasteiger partial charge in [-0.15, -0.1) is 0 Å². The van der Waals surface area contributed by atoms with Crippen LogP contribution in [0.25, 0.3) is 11.0 Å². The van der Waals surface area contributed by atoms with Crippen molar-refractivity contribution in [1.29, 1.82) is 0 Å². The summed E-state index contributed by atoms with van der Waals surface area (Å²) in [5, 5.41) is 3.21. The van der Waals surface area contributed by atoms with Crippen LogP contribution in [0.4, 0.5) is 10.1 Å². The highest BCUT2D eigenvalue weighted by molar-refractivity contribution is 9.10. The van der Waals surface area contributed by atoms with Gasteiger partial charge in [-0.3, -0.25) is 9.63 Å². The third-order valence-electron chi connectivity index (χ3n) is 7.91. The van der Waals surface area contributed by atoms with Gasteiger partial charge in [-0.1, -0.05) is 28.1 Å². The number of nitrogens with zero attached hydrogens (tertiary/aromatic N) is 4. The first-order chi connectivity index (χ1) is 18.7. The van der Waals surface area contributed by atoms with Crippen LogP contribution in [0.15, 0.2) is 35.8 Å². The molecule has 2 aliphatic carbocycles. The first-order valence-electron chi connectivity index (χ1n) is 14.1. The normalized spacial score (nSPS) is 22.6. The third-order valence-corrected chi connectivity index (χ3v) is 8.46. The second-order valence-corrected chi connectivity index (χ2v) is 13.3. The second kappa shape index (κ2) is 12.1. The van der Waals surface area contributed by atoms with Gasteiger partial charge in [0.15, 0.2) is 5.82 Å². The Morgan fingerprint density at radius 3 is 2.69 bits per heavy atom. The molecule has 39 heavy (non-hydrogen) atoms. The van der Waals surface area contributed by atoms with E-state index in [1.165, 1.54) is 0 Å². The van der Waals surface area contributed by atoms with E-state index in [2.05, 4.69) is 61.6 Å². The van der Waals surface area contributed by atoms with Crippen LogP contribution in [-0.2, 0) is 11.4 Å². The van der Waals surface area contributed by atoms with Gasteiger partial charge >= 0.3 is 0 Å². The van der Waals surface area contributed by atoms with Crippen LogP contribution >= 0.6 is 15.9 Å². The van der Waals surface area contributed by atoms with Gasteiger partial charge in [-0.05, 0) is 77.1 Å². The number of unbranched alkanes of at least 4 members (excludes halogenated alkanes) is 1. The molecule has 1 atom stereocenters. The second-order valence-electron chi connectivity index (χ2n) is 11.5. The molecule has 1 amide bonds. The Bertz CT molecular complexity index is 1260. The molecular weight excluding hydrogens is 563 g/mol. The molecule has 10 heteroatoms. The summed E-state index contributed by atoms with van der Waals surface area (Å²) < 4.78 is 17.8. The number of halogens is 2. The van der Waals surface area contributed by atoms with Crippen LogP contribution in [0.1, 0.15) is 56.3 Å². The SMILES string of the molecule is CC1=CC(C)(Br)CC=C1Nc1c(C(=O)NOCC2CC2)cc2c(ncn2CCCCN2CCN(C)CC2)c1F. The molecular formula is C29H40BrFN6O2. The number of amides is 1. The first-order valence-corrected chi connectivity index (χ1v) is 14.9. The minimum Gasteiger partial charge on any atom is -0.352 e. The number of benzene rings is 1. The van der Waals surface area contributed by atoms with Crippen molar-refractivity contribution >= 4 is 38.6 Å². The number of hydrogen-bond donors (Lipinski definition) is 2.